The second kappa shape index (κ2) is 6.22. The highest BCUT2D eigenvalue weighted by atomic mass is 16.2. The summed E-state index contributed by atoms with van der Waals surface area (Å²) < 4.78 is 0. The lowest BCUT2D eigenvalue weighted by molar-refractivity contribution is 0.101. The first kappa shape index (κ1) is 14.8. The van der Waals surface area contributed by atoms with Crippen molar-refractivity contribution in [1.82, 2.24) is 0 Å². The van der Waals surface area contributed by atoms with Crippen molar-refractivity contribution in [3.05, 3.63) is 59.2 Å². The van der Waals surface area contributed by atoms with Gasteiger partial charge in [-0.3, -0.25) is 4.79 Å². The Morgan fingerprint density at radius 1 is 0.810 bits per heavy atom. The highest BCUT2D eigenvalue weighted by molar-refractivity contribution is 6.00. The molecule has 4 nitrogen and oxygen atoms in total. The molecule has 21 heavy (non-hydrogen) atoms. The Hall–Kier alpha value is -2.62. The number of hydrogen-bond acceptors (Lipinski definition) is 2. The monoisotopic (exact) mass is 282 g/mol. The molecule has 0 aliphatic rings. The van der Waals surface area contributed by atoms with Crippen molar-refractivity contribution >= 4 is 23.2 Å². The third-order valence-electron chi connectivity index (χ3n) is 3.31. The molecule has 0 unspecified atom stereocenters. The van der Waals surface area contributed by atoms with Crippen molar-refractivity contribution in [1.29, 1.82) is 0 Å². The minimum atomic E-state index is -0.311. The van der Waals surface area contributed by atoms with Gasteiger partial charge < -0.3 is 10.6 Å². The highest BCUT2D eigenvalue weighted by Crippen LogP contribution is 2.15. The van der Waals surface area contributed by atoms with Gasteiger partial charge in [0.05, 0.1) is 0 Å². The van der Waals surface area contributed by atoms with Crippen molar-refractivity contribution in [2.45, 2.75) is 20.8 Å². The number of ketones is 1. The van der Waals surface area contributed by atoms with Gasteiger partial charge in [-0.15, -0.1) is 0 Å². The number of aryl methyl sites for hydroxylation is 2. The van der Waals surface area contributed by atoms with Crippen molar-refractivity contribution in [2.75, 3.05) is 10.6 Å². The molecule has 0 bridgehead atoms. The van der Waals surface area contributed by atoms with Gasteiger partial charge in [-0.2, -0.15) is 0 Å². The molecule has 0 aromatic heterocycles. The molecule has 0 spiro atoms. The predicted octanol–water partition coefficient (Wildman–Crippen LogP) is 4.15. The molecule has 0 saturated heterocycles. The van der Waals surface area contributed by atoms with Crippen LogP contribution in [0.2, 0.25) is 0 Å². The maximum atomic E-state index is 11.9. The number of benzene rings is 2. The van der Waals surface area contributed by atoms with E-state index in [9.17, 15) is 9.59 Å². The van der Waals surface area contributed by atoms with Gasteiger partial charge in [0.25, 0.3) is 0 Å². The van der Waals surface area contributed by atoms with Crippen molar-refractivity contribution in [3.63, 3.8) is 0 Å². The molecule has 2 aromatic rings. The highest BCUT2D eigenvalue weighted by Gasteiger charge is 2.04. The second-order valence-electron chi connectivity index (χ2n) is 5.01. The number of anilines is 2. The third-order valence-corrected chi connectivity index (χ3v) is 3.31. The van der Waals surface area contributed by atoms with Gasteiger partial charge in [0.2, 0.25) is 0 Å². The zero-order valence-corrected chi connectivity index (χ0v) is 12.4. The number of carbonyl (C=O) groups excluding carboxylic acids is 2. The van der Waals surface area contributed by atoms with E-state index in [0.717, 1.165) is 11.3 Å². The minimum Gasteiger partial charge on any atom is -0.308 e. The van der Waals surface area contributed by atoms with Gasteiger partial charge >= 0.3 is 6.03 Å². The maximum Gasteiger partial charge on any atom is 0.323 e. The molecule has 0 aliphatic heterocycles. The molecule has 0 saturated carbocycles. The minimum absolute atomic E-state index is 0.00105. The van der Waals surface area contributed by atoms with Crippen LogP contribution in [0, 0.1) is 13.8 Å². The fraction of sp³-hybridized carbons (Fsp3) is 0.176. The van der Waals surface area contributed by atoms with Crippen molar-refractivity contribution < 1.29 is 9.59 Å². The Bertz CT molecular complexity index is 676. The van der Waals surface area contributed by atoms with Gasteiger partial charge in [0, 0.05) is 16.9 Å². The first-order valence-corrected chi connectivity index (χ1v) is 6.72. The van der Waals surface area contributed by atoms with Crippen molar-refractivity contribution in [2.24, 2.45) is 0 Å². The summed E-state index contributed by atoms with van der Waals surface area (Å²) in [6, 6.07) is 12.2. The van der Waals surface area contributed by atoms with Gasteiger partial charge in [-0.25, -0.2) is 4.79 Å². The van der Waals surface area contributed by atoms with E-state index in [0.29, 0.717) is 11.3 Å². The fourth-order valence-corrected chi connectivity index (χ4v) is 1.90. The molecule has 108 valence electrons. The van der Waals surface area contributed by atoms with Crippen LogP contribution in [0.25, 0.3) is 0 Å². The molecule has 2 aromatic carbocycles. The Morgan fingerprint density at radius 2 is 1.38 bits per heavy atom. The predicted molar refractivity (Wildman–Crippen MR) is 85.0 cm³/mol. The summed E-state index contributed by atoms with van der Waals surface area (Å²) in [5, 5.41) is 5.51. The number of carbonyl (C=O) groups is 2. The molecule has 0 radical (unpaired) electrons. The lowest BCUT2D eigenvalue weighted by Gasteiger charge is -2.09. The summed E-state index contributed by atoms with van der Waals surface area (Å²) in [7, 11) is 0. The summed E-state index contributed by atoms with van der Waals surface area (Å²) in [6.07, 6.45) is 0. The van der Waals surface area contributed by atoms with E-state index in [1.807, 2.05) is 32.0 Å². The Kier molecular flexibility index (Phi) is 4.38. The van der Waals surface area contributed by atoms with Gasteiger partial charge in [-0.1, -0.05) is 6.07 Å². The van der Waals surface area contributed by atoms with Crippen LogP contribution in [-0.4, -0.2) is 11.8 Å². The zero-order valence-electron chi connectivity index (χ0n) is 12.4. The van der Waals surface area contributed by atoms with Crippen LogP contribution in [0.4, 0.5) is 16.2 Å². The molecule has 0 fully saturated rings. The van der Waals surface area contributed by atoms with Gasteiger partial charge in [0.1, 0.15) is 0 Å². The van der Waals surface area contributed by atoms with E-state index < -0.39 is 0 Å². The number of hydrogen-bond donors (Lipinski definition) is 2. The van der Waals surface area contributed by atoms with Crippen LogP contribution in [0.3, 0.4) is 0 Å². The zero-order chi connectivity index (χ0) is 15.4. The van der Waals surface area contributed by atoms with E-state index >= 15 is 0 Å². The molecule has 0 heterocycles. The van der Waals surface area contributed by atoms with E-state index in [2.05, 4.69) is 10.6 Å². The fourth-order valence-electron chi connectivity index (χ4n) is 1.90. The van der Waals surface area contributed by atoms with Crippen LogP contribution in [0.15, 0.2) is 42.5 Å². The lowest BCUT2D eigenvalue weighted by atomic mass is 10.1. The maximum absolute atomic E-state index is 11.9. The van der Waals surface area contributed by atoms with Crippen molar-refractivity contribution in [3.8, 4) is 0 Å². The van der Waals surface area contributed by atoms with Crippen LogP contribution in [0.5, 0.6) is 0 Å². The van der Waals surface area contributed by atoms with Crippen LogP contribution >= 0.6 is 0 Å². The molecular weight excluding hydrogens is 264 g/mol. The molecule has 0 atom stereocenters. The first-order chi connectivity index (χ1) is 9.95. The number of amides is 2. The average Bonchev–Trinajstić information content (AvgIpc) is 2.43. The summed E-state index contributed by atoms with van der Waals surface area (Å²) in [5.41, 5.74) is 4.31. The van der Waals surface area contributed by atoms with Gasteiger partial charge in [0.15, 0.2) is 5.78 Å². The molecule has 2 N–H and O–H groups in total. The van der Waals surface area contributed by atoms with Crippen LogP contribution < -0.4 is 10.6 Å². The molecule has 4 heteroatoms. The normalized spacial score (nSPS) is 10.0. The number of urea groups is 1. The first-order valence-electron chi connectivity index (χ1n) is 6.72. The molecule has 0 aliphatic carbocycles. The van der Waals surface area contributed by atoms with Gasteiger partial charge in [-0.05, 0) is 68.3 Å². The summed E-state index contributed by atoms with van der Waals surface area (Å²) in [6.45, 7) is 5.53. The lowest BCUT2D eigenvalue weighted by Crippen LogP contribution is -2.19. The SMILES string of the molecule is CC(=O)c1ccc(NC(=O)Nc2ccc(C)c(C)c2)cc1. The summed E-state index contributed by atoms with van der Waals surface area (Å²) >= 11 is 0. The molecule has 2 amide bonds. The standard InChI is InChI=1S/C17H18N2O2/c1-11-4-7-16(10-12(11)2)19-17(21)18-15-8-5-14(6-9-15)13(3)20/h4-10H,1-3H3,(H2,18,19,21). The molecule has 2 rings (SSSR count). The Morgan fingerprint density at radius 3 is 1.95 bits per heavy atom. The van der Waals surface area contributed by atoms with E-state index in [-0.39, 0.29) is 11.8 Å². The number of Topliss-reactive ketones (excluding diaryl/α,β-unsaturated/α-hetero) is 1. The number of nitrogens with one attached hydrogen (secondary N) is 2. The largest absolute Gasteiger partial charge is 0.323 e. The Labute approximate surface area is 124 Å². The van der Waals surface area contributed by atoms with E-state index in [4.69, 9.17) is 0 Å². The van der Waals surface area contributed by atoms with E-state index in [1.54, 1.807) is 24.3 Å². The van der Waals surface area contributed by atoms with Crippen LogP contribution in [0.1, 0.15) is 28.4 Å². The summed E-state index contributed by atoms with van der Waals surface area (Å²) in [5.74, 6) is 0.00105. The topological polar surface area (TPSA) is 58.2 Å². The van der Waals surface area contributed by atoms with Crippen LogP contribution in [-0.2, 0) is 0 Å². The number of rotatable bonds is 3. The molecular formula is C17H18N2O2. The third kappa shape index (κ3) is 3.92. The second-order valence-corrected chi connectivity index (χ2v) is 5.01. The smallest absolute Gasteiger partial charge is 0.308 e. The average molecular weight is 282 g/mol. The summed E-state index contributed by atoms with van der Waals surface area (Å²) in [4.78, 5) is 23.1. The Balaban J connectivity index is 2.01. The van der Waals surface area contributed by atoms with E-state index in [1.165, 1.54) is 12.5 Å². The quantitative estimate of drug-likeness (QED) is 0.831.